The number of carbonyl (C=O) groups excluding carboxylic acids is 1. The first-order chi connectivity index (χ1) is 15.4. The maximum Gasteiger partial charge on any atom is 0.258 e. The van der Waals surface area contributed by atoms with Gasteiger partial charge in [-0.15, -0.1) is 0 Å². The van der Waals surface area contributed by atoms with Crippen LogP contribution in [-0.4, -0.2) is 51.1 Å². The van der Waals surface area contributed by atoms with E-state index in [4.69, 9.17) is 4.74 Å². The van der Waals surface area contributed by atoms with Crippen molar-refractivity contribution in [3.8, 4) is 11.5 Å². The molecule has 5 nitrogen and oxygen atoms in total. The van der Waals surface area contributed by atoms with Gasteiger partial charge < -0.3 is 19.4 Å². The van der Waals surface area contributed by atoms with Gasteiger partial charge in [-0.25, -0.2) is 4.39 Å². The summed E-state index contributed by atoms with van der Waals surface area (Å²) in [5.41, 5.74) is 1.61. The number of benzene rings is 3. The van der Waals surface area contributed by atoms with Gasteiger partial charge in [-0.3, -0.25) is 4.79 Å². The maximum atomic E-state index is 14.9. The highest BCUT2D eigenvalue weighted by molar-refractivity contribution is 6.05. The fourth-order valence-corrected chi connectivity index (χ4v) is 3.94. The summed E-state index contributed by atoms with van der Waals surface area (Å²) in [6, 6.07) is 21.8. The van der Waals surface area contributed by atoms with Crippen LogP contribution in [-0.2, 0) is 0 Å². The van der Waals surface area contributed by atoms with Crippen LogP contribution in [0.3, 0.4) is 0 Å². The van der Waals surface area contributed by atoms with Crippen LogP contribution in [0.1, 0.15) is 16.8 Å². The zero-order valence-corrected chi connectivity index (χ0v) is 18.7. The van der Waals surface area contributed by atoms with Crippen LogP contribution in [0.4, 0.5) is 15.8 Å². The average molecular weight is 434 g/mol. The molecule has 0 bridgehead atoms. The molecule has 1 unspecified atom stereocenters. The van der Waals surface area contributed by atoms with Crippen molar-refractivity contribution in [3.63, 3.8) is 0 Å². The molecule has 3 aromatic carbocycles. The molecule has 166 valence electrons. The monoisotopic (exact) mass is 433 g/mol. The smallest absolute Gasteiger partial charge is 0.258 e. The fraction of sp³-hybridized carbons (Fsp3) is 0.269. The van der Waals surface area contributed by atoms with Crippen LogP contribution < -0.4 is 14.5 Å². The van der Waals surface area contributed by atoms with Crippen molar-refractivity contribution in [2.45, 2.75) is 12.5 Å². The topological polar surface area (TPSA) is 36.0 Å². The molecular weight excluding hydrogens is 405 g/mol. The van der Waals surface area contributed by atoms with Crippen LogP contribution in [0.5, 0.6) is 11.5 Å². The molecule has 32 heavy (non-hydrogen) atoms. The number of hydrogen-bond donors (Lipinski definition) is 0. The predicted molar refractivity (Wildman–Crippen MR) is 126 cm³/mol. The lowest BCUT2D eigenvalue weighted by Gasteiger charge is -2.23. The van der Waals surface area contributed by atoms with E-state index in [1.807, 2.05) is 30.3 Å². The van der Waals surface area contributed by atoms with E-state index < -0.39 is 0 Å². The fourth-order valence-electron chi connectivity index (χ4n) is 3.94. The largest absolute Gasteiger partial charge is 0.457 e. The minimum absolute atomic E-state index is 0.211. The van der Waals surface area contributed by atoms with Gasteiger partial charge in [0.25, 0.3) is 5.91 Å². The number of nitrogens with zero attached hydrogens (tertiary/aromatic N) is 3. The van der Waals surface area contributed by atoms with E-state index in [0.717, 1.165) is 25.3 Å². The van der Waals surface area contributed by atoms with Gasteiger partial charge >= 0.3 is 0 Å². The number of carbonyl (C=O) groups is 1. The number of halogens is 1. The number of para-hydroxylation sites is 1. The Bertz CT molecular complexity index is 1070. The van der Waals surface area contributed by atoms with Gasteiger partial charge in [0.05, 0.1) is 5.69 Å². The molecule has 1 aliphatic rings. The van der Waals surface area contributed by atoms with Crippen LogP contribution in [0.15, 0.2) is 72.8 Å². The van der Waals surface area contributed by atoms with E-state index in [9.17, 15) is 9.18 Å². The molecule has 1 aliphatic heterocycles. The predicted octanol–water partition coefficient (Wildman–Crippen LogP) is 5.03. The van der Waals surface area contributed by atoms with E-state index in [-0.39, 0.29) is 11.7 Å². The molecule has 0 N–H and O–H groups in total. The molecule has 0 spiro atoms. The second-order valence-corrected chi connectivity index (χ2v) is 8.29. The lowest BCUT2D eigenvalue weighted by Crippen LogP contribution is -2.31. The summed E-state index contributed by atoms with van der Waals surface area (Å²) in [6.07, 6.45) is 1.01. The number of amides is 1. The van der Waals surface area contributed by atoms with Crippen molar-refractivity contribution in [1.29, 1.82) is 0 Å². The van der Waals surface area contributed by atoms with E-state index in [0.29, 0.717) is 28.7 Å². The Labute approximate surface area is 188 Å². The van der Waals surface area contributed by atoms with E-state index >= 15 is 0 Å². The van der Waals surface area contributed by atoms with Crippen LogP contribution >= 0.6 is 0 Å². The number of likely N-dealkylation sites (N-methyl/N-ethyl adjacent to an activating group) is 1. The number of anilines is 2. The molecule has 1 heterocycles. The van der Waals surface area contributed by atoms with Gasteiger partial charge in [-0.2, -0.15) is 0 Å². The third-order valence-corrected chi connectivity index (χ3v) is 5.94. The zero-order valence-electron chi connectivity index (χ0n) is 18.7. The minimum atomic E-state index is -0.312. The van der Waals surface area contributed by atoms with Crippen molar-refractivity contribution < 1.29 is 13.9 Å². The lowest BCUT2D eigenvalue weighted by molar-refractivity contribution is 0.0993. The summed E-state index contributed by atoms with van der Waals surface area (Å²) in [4.78, 5) is 18.6. The lowest BCUT2D eigenvalue weighted by atomic mass is 10.1. The molecular formula is C26H28FN3O2. The van der Waals surface area contributed by atoms with Crippen molar-refractivity contribution in [1.82, 2.24) is 4.90 Å². The second kappa shape index (κ2) is 9.40. The minimum Gasteiger partial charge on any atom is -0.457 e. The highest BCUT2D eigenvalue weighted by atomic mass is 19.1. The Morgan fingerprint density at radius 3 is 2.28 bits per heavy atom. The third-order valence-electron chi connectivity index (χ3n) is 5.94. The maximum absolute atomic E-state index is 14.9. The molecule has 1 fully saturated rings. The van der Waals surface area contributed by atoms with Crippen LogP contribution in [0.25, 0.3) is 0 Å². The van der Waals surface area contributed by atoms with E-state index in [1.165, 1.54) is 11.0 Å². The molecule has 4 rings (SSSR count). The second-order valence-electron chi connectivity index (χ2n) is 8.29. The van der Waals surface area contributed by atoms with E-state index in [2.05, 4.69) is 23.9 Å². The highest BCUT2D eigenvalue weighted by Gasteiger charge is 2.26. The molecule has 0 aliphatic carbocycles. The first-order valence-corrected chi connectivity index (χ1v) is 10.7. The van der Waals surface area contributed by atoms with Gasteiger partial charge in [0.2, 0.25) is 0 Å². The molecule has 1 amide bonds. The quantitative estimate of drug-likeness (QED) is 0.546. The van der Waals surface area contributed by atoms with Crippen molar-refractivity contribution in [3.05, 3.63) is 84.2 Å². The standard InChI is InChI=1S/C26H28FN3O2/c1-28(2)21-15-16-30(18-21)25-14-11-20(17-24(25)27)29(3)26(31)19-9-12-23(13-10-19)32-22-7-5-4-6-8-22/h4-14,17,21H,15-16,18H2,1-3H3. The molecule has 0 aromatic heterocycles. The summed E-state index contributed by atoms with van der Waals surface area (Å²) in [5, 5.41) is 0. The van der Waals surface area contributed by atoms with Crippen LogP contribution in [0.2, 0.25) is 0 Å². The van der Waals surface area contributed by atoms with Gasteiger partial charge in [-0.05, 0) is 75.1 Å². The summed E-state index contributed by atoms with van der Waals surface area (Å²) < 4.78 is 20.7. The summed E-state index contributed by atoms with van der Waals surface area (Å²) in [6.45, 7) is 1.63. The van der Waals surface area contributed by atoms with E-state index in [1.54, 1.807) is 43.4 Å². The Hall–Kier alpha value is -3.38. The van der Waals surface area contributed by atoms with Gasteiger partial charge in [0, 0.05) is 37.4 Å². The Kier molecular flexibility index (Phi) is 6.42. The summed E-state index contributed by atoms with van der Waals surface area (Å²) in [5.74, 6) is 0.854. The van der Waals surface area contributed by atoms with Gasteiger partial charge in [0.15, 0.2) is 0 Å². The molecule has 0 saturated carbocycles. The van der Waals surface area contributed by atoms with Crippen molar-refractivity contribution in [2.24, 2.45) is 0 Å². The average Bonchev–Trinajstić information content (AvgIpc) is 3.30. The third kappa shape index (κ3) is 4.75. The highest BCUT2D eigenvalue weighted by Crippen LogP contribution is 2.29. The Morgan fingerprint density at radius 2 is 1.66 bits per heavy atom. The molecule has 1 saturated heterocycles. The Morgan fingerprint density at radius 1 is 0.969 bits per heavy atom. The first-order valence-electron chi connectivity index (χ1n) is 10.7. The molecule has 1 atom stereocenters. The van der Waals surface area contributed by atoms with Crippen molar-refractivity contribution in [2.75, 3.05) is 44.0 Å². The SMILES string of the molecule is CN(C(=O)c1ccc(Oc2ccccc2)cc1)c1ccc(N2CCC(N(C)C)C2)c(F)c1. The van der Waals surface area contributed by atoms with Gasteiger partial charge in [0.1, 0.15) is 17.3 Å². The Balaban J connectivity index is 1.44. The summed E-state index contributed by atoms with van der Waals surface area (Å²) in [7, 11) is 5.76. The summed E-state index contributed by atoms with van der Waals surface area (Å²) >= 11 is 0. The number of rotatable bonds is 6. The zero-order chi connectivity index (χ0) is 22.7. The number of hydrogen-bond acceptors (Lipinski definition) is 4. The molecule has 6 heteroatoms. The molecule has 0 radical (unpaired) electrons. The number of ether oxygens (including phenoxy) is 1. The first kappa shape index (κ1) is 21.8. The normalized spacial score (nSPS) is 15.8. The van der Waals surface area contributed by atoms with Crippen molar-refractivity contribution >= 4 is 17.3 Å². The molecule has 3 aromatic rings. The van der Waals surface area contributed by atoms with Gasteiger partial charge in [-0.1, -0.05) is 18.2 Å². The van der Waals surface area contributed by atoms with Crippen LogP contribution in [0, 0.1) is 5.82 Å².